The second-order valence-electron chi connectivity index (χ2n) is 5.42. The number of esters is 1. The molecule has 0 saturated carbocycles. The maximum atomic E-state index is 11.1. The number of methoxy groups -OCH3 is 1. The van der Waals surface area contributed by atoms with Gasteiger partial charge in [0.05, 0.1) is 13.5 Å². The third kappa shape index (κ3) is 5.47. The van der Waals surface area contributed by atoms with E-state index >= 15 is 0 Å². The van der Waals surface area contributed by atoms with E-state index in [-0.39, 0.29) is 12.1 Å². The number of carbonyl (C=O) groups is 1. The Kier molecular flexibility index (Phi) is 6.72. The topological polar surface area (TPSA) is 63.2 Å². The largest absolute Gasteiger partial charge is 0.490 e. The molecule has 23 heavy (non-hydrogen) atoms. The van der Waals surface area contributed by atoms with Gasteiger partial charge in [-0.2, -0.15) is 0 Å². The van der Waals surface area contributed by atoms with Gasteiger partial charge in [-0.05, 0) is 12.1 Å². The van der Waals surface area contributed by atoms with Crippen molar-refractivity contribution in [3.8, 4) is 5.75 Å². The molecule has 1 aromatic carbocycles. The van der Waals surface area contributed by atoms with E-state index in [0.29, 0.717) is 13.0 Å². The standard InChI is InChI=1S/C17H25N3O3/c1-18-17(19-11-8-16(21)22-2)20-12-9-15(10-13-20)23-14-6-4-3-5-7-14/h3-7,15H,8-13H2,1-2H3,(H,18,19). The van der Waals surface area contributed by atoms with Crippen LogP contribution in [0.5, 0.6) is 5.75 Å². The number of para-hydroxylation sites is 1. The molecule has 1 fully saturated rings. The summed E-state index contributed by atoms with van der Waals surface area (Å²) in [6, 6.07) is 9.92. The summed E-state index contributed by atoms with van der Waals surface area (Å²) >= 11 is 0. The van der Waals surface area contributed by atoms with Crippen molar-refractivity contribution in [2.75, 3.05) is 33.8 Å². The lowest BCUT2D eigenvalue weighted by Crippen LogP contribution is -2.47. The first-order valence-corrected chi connectivity index (χ1v) is 7.97. The van der Waals surface area contributed by atoms with Crippen LogP contribution >= 0.6 is 0 Å². The molecule has 1 aromatic rings. The van der Waals surface area contributed by atoms with E-state index in [1.807, 2.05) is 30.3 Å². The summed E-state index contributed by atoms with van der Waals surface area (Å²) in [5, 5.41) is 3.20. The SMILES string of the molecule is CN=C(NCCC(=O)OC)N1CCC(Oc2ccccc2)CC1. The summed E-state index contributed by atoms with van der Waals surface area (Å²) in [4.78, 5) is 17.6. The molecule has 0 amide bonds. The van der Waals surface area contributed by atoms with Gasteiger partial charge in [0.15, 0.2) is 5.96 Å². The lowest BCUT2D eigenvalue weighted by atomic mass is 10.1. The zero-order valence-corrected chi connectivity index (χ0v) is 13.8. The number of benzene rings is 1. The van der Waals surface area contributed by atoms with Gasteiger partial charge in [0.2, 0.25) is 0 Å². The molecule has 6 heteroatoms. The van der Waals surface area contributed by atoms with Crippen molar-refractivity contribution < 1.29 is 14.3 Å². The molecule has 1 saturated heterocycles. The fourth-order valence-corrected chi connectivity index (χ4v) is 2.59. The number of piperidine rings is 1. The second kappa shape index (κ2) is 9.02. The van der Waals surface area contributed by atoms with Crippen LogP contribution in [-0.2, 0) is 9.53 Å². The average Bonchev–Trinajstić information content (AvgIpc) is 2.60. The molecule has 0 radical (unpaired) electrons. The summed E-state index contributed by atoms with van der Waals surface area (Å²) < 4.78 is 10.6. The van der Waals surface area contributed by atoms with Gasteiger partial charge in [-0.3, -0.25) is 9.79 Å². The van der Waals surface area contributed by atoms with E-state index in [1.165, 1.54) is 7.11 Å². The smallest absolute Gasteiger partial charge is 0.307 e. The van der Waals surface area contributed by atoms with Crippen LogP contribution in [0.2, 0.25) is 0 Å². The third-order valence-corrected chi connectivity index (χ3v) is 3.84. The van der Waals surface area contributed by atoms with Gasteiger partial charge >= 0.3 is 5.97 Å². The van der Waals surface area contributed by atoms with E-state index in [2.05, 4.69) is 19.9 Å². The Hall–Kier alpha value is -2.24. The first-order valence-electron chi connectivity index (χ1n) is 7.97. The number of hydrogen-bond acceptors (Lipinski definition) is 4. The van der Waals surface area contributed by atoms with Crippen molar-refractivity contribution in [1.29, 1.82) is 0 Å². The Morgan fingerprint density at radius 3 is 2.61 bits per heavy atom. The van der Waals surface area contributed by atoms with Crippen LogP contribution < -0.4 is 10.1 Å². The molecule has 126 valence electrons. The number of nitrogens with zero attached hydrogens (tertiary/aromatic N) is 2. The Balaban J connectivity index is 1.75. The van der Waals surface area contributed by atoms with Crippen molar-refractivity contribution in [2.24, 2.45) is 4.99 Å². The van der Waals surface area contributed by atoms with E-state index in [4.69, 9.17) is 4.74 Å². The summed E-state index contributed by atoms with van der Waals surface area (Å²) in [5.74, 6) is 1.53. The normalized spacial score (nSPS) is 16.1. The second-order valence-corrected chi connectivity index (χ2v) is 5.42. The van der Waals surface area contributed by atoms with Gasteiger partial charge in [-0.25, -0.2) is 0 Å². The fourth-order valence-electron chi connectivity index (χ4n) is 2.59. The molecule has 0 aromatic heterocycles. The maximum absolute atomic E-state index is 11.1. The molecule has 6 nitrogen and oxygen atoms in total. The predicted molar refractivity (Wildman–Crippen MR) is 89.7 cm³/mol. The highest BCUT2D eigenvalue weighted by Crippen LogP contribution is 2.18. The van der Waals surface area contributed by atoms with Gasteiger partial charge in [-0.15, -0.1) is 0 Å². The number of nitrogens with one attached hydrogen (secondary N) is 1. The van der Waals surface area contributed by atoms with Gasteiger partial charge in [-0.1, -0.05) is 18.2 Å². The van der Waals surface area contributed by atoms with E-state index in [9.17, 15) is 4.79 Å². The number of rotatable bonds is 5. The molecule has 0 unspecified atom stereocenters. The third-order valence-electron chi connectivity index (χ3n) is 3.84. The zero-order chi connectivity index (χ0) is 16.5. The van der Waals surface area contributed by atoms with Crippen LogP contribution in [0, 0.1) is 0 Å². The van der Waals surface area contributed by atoms with Gasteiger partial charge in [0.25, 0.3) is 0 Å². The number of hydrogen-bond donors (Lipinski definition) is 1. The number of guanidine groups is 1. The van der Waals surface area contributed by atoms with Crippen molar-refractivity contribution in [1.82, 2.24) is 10.2 Å². The molecule has 1 heterocycles. The fraction of sp³-hybridized carbons (Fsp3) is 0.529. The van der Waals surface area contributed by atoms with Crippen molar-refractivity contribution in [3.05, 3.63) is 30.3 Å². The molecule has 2 rings (SSSR count). The van der Waals surface area contributed by atoms with E-state index in [0.717, 1.165) is 37.6 Å². The van der Waals surface area contributed by atoms with Crippen LogP contribution in [0.15, 0.2) is 35.3 Å². The Bertz CT molecular complexity index is 511. The van der Waals surface area contributed by atoms with Crippen LogP contribution in [0.25, 0.3) is 0 Å². The highest BCUT2D eigenvalue weighted by Gasteiger charge is 2.22. The molecule has 0 bridgehead atoms. The Labute approximate surface area is 137 Å². The molecule has 0 atom stereocenters. The first kappa shape index (κ1) is 17.1. The average molecular weight is 319 g/mol. The minimum absolute atomic E-state index is 0.220. The number of carbonyl (C=O) groups excluding carboxylic acids is 1. The van der Waals surface area contributed by atoms with Crippen LogP contribution in [-0.4, -0.2) is 56.7 Å². The highest BCUT2D eigenvalue weighted by atomic mass is 16.5. The van der Waals surface area contributed by atoms with Crippen molar-refractivity contribution in [3.63, 3.8) is 0 Å². The molecule has 0 spiro atoms. The van der Waals surface area contributed by atoms with Crippen molar-refractivity contribution >= 4 is 11.9 Å². The first-order chi connectivity index (χ1) is 11.2. The van der Waals surface area contributed by atoms with Gasteiger partial charge in [0, 0.05) is 39.5 Å². The number of aliphatic imine (C=N–C) groups is 1. The minimum atomic E-state index is -0.220. The minimum Gasteiger partial charge on any atom is -0.490 e. The summed E-state index contributed by atoms with van der Waals surface area (Å²) in [5.41, 5.74) is 0. The number of likely N-dealkylation sites (tertiary alicyclic amines) is 1. The van der Waals surface area contributed by atoms with E-state index in [1.54, 1.807) is 7.05 Å². The summed E-state index contributed by atoms with van der Waals surface area (Å²) in [6.45, 7) is 2.30. The lowest BCUT2D eigenvalue weighted by molar-refractivity contribution is -0.140. The predicted octanol–water partition coefficient (Wildman–Crippen LogP) is 1.67. The summed E-state index contributed by atoms with van der Waals surface area (Å²) in [7, 11) is 3.15. The maximum Gasteiger partial charge on any atom is 0.307 e. The van der Waals surface area contributed by atoms with Gasteiger partial charge in [0.1, 0.15) is 11.9 Å². The van der Waals surface area contributed by atoms with Crippen LogP contribution in [0.1, 0.15) is 19.3 Å². The Morgan fingerprint density at radius 1 is 1.30 bits per heavy atom. The number of ether oxygens (including phenoxy) is 2. The monoisotopic (exact) mass is 319 g/mol. The van der Waals surface area contributed by atoms with Gasteiger partial charge < -0.3 is 19.7 Å². The van der Waals surface area contributed by atoms with E-state index < -0.39 is 0 Å². The molecular weight excluding hydrogens is 294 g/mol. The zero-order valence-electron chi connectivity index (χ0n) is 13.8. The van der Waals surface area contributed by atoms with Crippen LogP contribution in [0.3, 0.4) is 0 Å². The summed E-state index contributed by atoms with van der Waals surface area (Å²) in [6.07, 6.45) is 2.48. The Morgan fingerprint density at radius 2 is 2.00 bits per heavy atom. The molecule has 1 N–H and O–H groups in total. The highest BCUT2D eigenvalue weighted by molar-refractivity contribution is 5.80. The van der Waals surface area contributed by atoms with Crippen LogP contribution in [0.4, 0.5) is 0 Å². The lowest BCUT2D eigenvalue weighted by Gasteiger charge is -2.34. The molecule has 1 aliphatic rings. The molecule has 1 aliphatic heterocycles. The molecular formula is C17H25N3O3. The van der Waals surface area contributed by atoms with Crippen molar-refractivity contribution in [2.45, 2.75) is 25.4 Å². The quantitative estimate of drug-likeness (QED) is 0.508. The molecule has 0 aliphatic carbocycles.